The maximum absolute atomic E-state index is 9.29. The Labute approximate surface area is 123 Å². The molecule has 0 saturated carbocycles. The summed E-state index contributed by atoms with van der Waals surface area (Å²) >= 11 is 0. The summed E-state index contributed by atoms with van der Waals surface area (Å²) in [6, 6.07) is 17.4. The topological polar surface area (TPSA) is 50.9 Å². The van der Waals surface area contributed by atoms with Crippen LogP contribution >= 0.6 is 0 Å². The van der Waals surface area contributed by atoms with Crippen LogP contribution < -0.4 is 0 Å². The van der Waals surface area contributed by atoms with Gasteiger partial charge in [-0.25, -0.2) is 0 Å². The molecule has 0 unspecified atom stereocenters. The van der Waals surface area contributed by atoms with Gasteiger partial charge in [-0.15, -0.1) is 5.10 Å². The van der Waals surface area contributed by atoms with Gasteiger partial charge in [-0.1, -0.05) is 35.5 Å². The van der Waals surface area contributed by atoms with Gasteiger partial charge in [0.2, 0.25) is 0 Å². The molecule has 1 aromatic heterocycles. The van der Waals surface area contributed by atoms with Crippen LogP contribution in [0.2, 0.25) is 0 Å². The van der Waals surface area contributed by atoms with Gasteiger partial charge in [0.25, 0.3) is 0 Å². The van der Waals surface area contributed by atoms with Crippen molar-refractivity contribution in [2.75, 3.05) is 0 Å². The van der Waals surface area contributed by atoms with E-state index in [4.69, 9.17) is 0 Å². The highest BCUT2D eigenvalue weighted by atomic mass is 16.3. The Morgan fingerprint density at radius 2 is 1.71 bits per heavy atom. The van der Waals surface area contributed by atoms with Gasteiger partial charge in [0.1, 0.15) is 11.4 Å². The van der Waals surface area contributed by atoms with Crippen molar-refractivity contribution >= 4 is 0 Å². The molecular formula is C17H17N3O. The van der Waals surface area contributed by atoms with Gasteiger partial charge in [-0.05, 0) is 42.7 Å². The second-order valence-corrected chi connectivity index (χ2v) is 5.00. The maximum atomic E-state index is 9.29. The predicted octanol–water partition coefficient (Wildman–Crippen LogP) is 3.28. The van der Waals surface area contributed by atoms with Crippen molar-refractivity contribution in [3.63, 3.8) is 0 Å². The van der Waals surface area contributed by atoms with Gasteiger partial charge in [0, 0.05) is 12.1 Å². The van der Waals surface area contributed by atoms with Crippen LogP contribution in [0.3, 0.4) is 0 Å². The number of aromatic nitrogens is 3. The molecular weight excluding hydrogens is 262 g/mol. The lowest BCUT2D eigenvalue weighted by Gasteiger charge is -2.01. The van der Waals surface area contributed by atoms with Crippen LogP contribution in [0, 0.1) is 0 Å². The van der Waals surface area contributed by atoms with E-state index in [1.165, 1.54) is 5.56 Å². The number of phenolic OH excluding ortho intramolecular Hbond substituents is 1. The Balaban J connectivity index is 1.59. The molecule has 0 fully saturated rings. The summed E-state index contributed by atoms with van der Waals surface area (Å²) in [7, 11) is 0. The van der Waals surface area contributed by atoms with Crippen molar-refractivity contribution in [2.45, 2.75) is 19.4 Å². The normalized spacial score (nSPS) is 10.7. The third kappa shape index (κ3) is 3.48. The van der Waals surface area contributed by atoms with E-state index in [0.717, 1.165) is 30.6 Å². The fraction of sp³-hybridized carbons (Fsp3) is 0.176. The first-order valence-corrected chi connectivity index (χ1v) is 7.05. The lowest BCUT2D eigenvalue weighted by atomic mass is 10.1. The quantitative estimate of drug-likeness (QED) is 0.779. The molecule has 0 aliphatic rings. The van der Waals surface area contributed by atoms with Gasteiger partial charge >= 0.3 is 0 Å². The van der Waals surface area contributed by atoms with Crippen LogP contribution in [0.25, 0.3) is 11.3 Å². The smallest absolute Gasteiger partial charge is 0.115 e. The summed E-state index contributed by atoms with van der Waals surface area (Å²) in [5.41, 5.74) is 3.13. The Morgan fingerprint density at radius 3 is 2.48 bits per heavy atom. The minimum atomic E-state index is 0.258. The molecule has 0 bridgehead atoms. The highest BCUT2D eigenvalue weighted by Crippen LogP contribution is 2.19. The van der Waals surface area contributed by atoms with E-state index in [9.17, 15) is 5.11 Å². The SMILES string of the molecule is Oc1ccc(-c2cn(CCCc3ccccc3)nn2)cc1. The number of aryl methyl sites for hydroxylation is 2. The molecule has 0 aliphatic heterocycles. The van der Waals surface area contributed by atoms with Crippen molar-refractivity contribution in [3.8, 4) is 17.0 Å². The molecule has 0 atom stereocenters. The molecule has 3 aromatic rings. The fourth-order valence-corrected chi connectivity index (χ4v) is 2.26. The third-order valence-electron chi connectivity index (χ3n) is 3.40. The minimum Gasteiger partial charge on any atom is -0.508 e. The largest absolute Gasteiger partial charge is 0.508 e. The highest BCUT2D eigenvalue weighted by Gasteiger charge is 2.04. The second kappa shape index (κ2) is 6.22. The van der Waals surface area contributed by atoms with E-state index in [2.05, 4.69) is 34.6 Å². The number of benzene rings is 2. The Bertz CT molecular complexity index is 690. The fourth-order valence-electron chi connectivity index (χ4n) is 2.26. The van der Waals surface area contributed by atoms with E-state index < -0.39 is 0 Å². The minimum absolute atomic E-state index is 0.258. The number of rotatable bonds is 5. The van der Waals surface area contributed by atoms with Gasteiger partial charge in [-0.2, -0.15) is 0 Å². The Hall–Kier alpha value is -2.62. The first-order chi connectivity index (χ1) is 10.3. The molecule has 2 aromatic carbocycles. The second-order valence-electron chi connectivity index (χ2n) is 5.00. The summed E-state index contributed by atoms with van der Waals surface area (Å²) in [6.45, 7) is 0.847. The molecule has 1 heterocycles. The zero-order chi connectivity index (χ0) is 14.5. The lowest BCUT2D eigenvalue weighted by Crippen LogP contribution is -2.00. The zero-order valence-electron chi connectivity index (χ0n) is 11.7. The predicted molar refractivity (Wildman–Crippen MR) is 81.9 cm³/mol. The number of aromatic hydroxyl groups is 1. The summed E-state index contributed by atoms with van der Waals surface area (Å²) in [4.78, 5) is 0. The van der Waals surface area contributed by atoms with E-state index in [1.807, 2.05) is 29.1 Å². The number of phenols is 1. The molecule has 0 radical (unpaired) electrons. The van der Waals surface area contributed by atoms with E-state index in [-0.39, 0.29) is 5.75 Å². The summed E-state index contributed by atoms with van der Waals surface area (Å²) in [6.07, 6.45) is 4.01. The number of nitrogens with zero attached hydrogens (tertiary/aromatic N) is 3. The first kappa shape index (κ1) is 13.4. The van der Waals surface area contributed by atoms with Crippen molar-refractivity contribution in [3.05, 3.63) is 66.4 Å². The standard InChI is InChI=1S/C17H17N3O/c21-16-10-8-15(9-11-16)17-13-20(19-18-17)12-4-7-14-5-2-1-3-6-14/h1-3,5-6,8-11,13,21H,4,7,12H2. The summed E-state index contributed by atoms with van der Waals surface area (Å²) < 4.78 is 1.87. The van der Waals surface area contributed by atoms with Gasteiger partial charge < -0.3 is 5.11 Å². The van der Waals surface area contributed by atoms with Crippen LogP contribution in [0.15, 0.2) is 60.8 Å². The molecule has 3 rings (SSSR count). The molecule has 4 nitrogen and oxygen atoms in total. The van der Waals surface area contributed by atoms with Crippen LogP contribution in [-0.2, 0) is 13.0 Å². The van der Waals surface area contributed by atoms with Crippen molar-refractivity contribution in [1.82, 2.24) is 15.0 Å². The van der Waals surface area contributed by atoms with Crippen LogP contribution in [0.5, 0.6) is 5.75 Å². The van der Waals surface area contributed by atoms with Gasteiger partial charge in [0.15, 0.2) is 0 Å². The van der Waals surface area contributed by atoms with Crippen molar-refractivity contribution in [1.29, 1.82) is 0 Å². The van der Waals surface area contributed by atoms with E-state index in [0.29, 0.717) is 0 Å². The van der Waals surface area contributed by atoms with Crippen LogP contribution in [-0.4, -0.2) is 20.1 Å². The van der Waals surface area contributed by atoms with Gasteiger partial charge in [-0.3, -0.25) is 4.68 Å². The van der Waals surface area contributed by atoms with E-state index >= 15 is 0 Å². The van der Waals surface area contributed by atoms with E-state index in [1.54, 1.807) is 12.1 Å². The molecule has 0 saturated heterocycles. The number of hydrogen-bond donors (Lipinski definition) is 1. The monoisotopic (exact) mass is 279 g/mol. The molecule has 21 heavy (non-hydrogen) atoms. The molecule has 0 amide bonds. The third-order valence-corrected chi connectivity index (χ3v) is 3.40. The molecule has 0 spiro atoms. The van der Waals surface area contributed by atoms with Crippen LogP contribution in [0.4, 0.5) is 0 Å². The average Bonchev–Trinajstić information content (AvgIpc) is 2.98. The van der Waals surface area contributed by atoms with Gasteiger partial charge in [0.05, 0.1) is 6.20 Å². The molecule has 0 aliphatic carbocycles. The average molecular weight is 279 g/mol. The Morgan fingerprint density at radius 1 is 0.952 bits per heavy atom. The zero-order valence-corrected chi connectivity index (χ0v) is 11.7. The summed E-state index contributed by atoms with van der Waals surface area (Å²) in [5.74, 6) is 0.258. The number of hydrogen-bond acceptors (Lipinski definition) is 3. The summed E-state index contributed by atoms with van der Waals surface area (Å²) in [5, 5.41) is 17.6. The lowest BCUT2D eigenvalue weighted by molar-refractivity contribution is 0.475. The first-order valence-electron chi connectivity index (χ1n) is 7.05. The molecule has 106 valence electrons. The highest BCUT2D eigenvalue weighted by molar-refractivity contribution is 5.58. The molecule has 1 N–H and O–H groups in total. The van der Waals surface area contributed by atoms with Crippen molar-refractivity contribution < 1.29 is 5.11 Å². The molecule has 4 heteroatoms. The Kier molecular flexibility index (Phi) is 3.96. The van der Waals surface area contributed by atoms with Crippen LogP contribution in [0.1, 0.15) is 12.0 Å². The van der Waals surface area contributed by atoms with Crippen molar-refractivity contribution in [2.24, 2.45) is 0 Å². The maximum Gasteiger partial charge on any atom is 0.115 e.